The van der Waals surface area contributed by atoms with Gasteiger partial charge < -0.3 is 5.32 Å². The van der Waals surface area contributed by atoms with Crippen LogP contribution in [0.3, 0.4) is 0 Å². The van der Waals surface area contributed by atoms with Crippen LogP contribution < -0.4 is 5.32 Å². The fourth-order valence-corrected chi connectivity index (χ4v) is 1.06. The van der Waals surface area contributed by atoms with Gasteiger partial charge in [0.2, 0.25) is 0 Å². The molecular weight excluding hydrogens is 98.1 g/mol. The van der Waals surface area contributed by atoms with E-state index >= 15 is 0 Å². The minimum Gasteiger partial charge on any atom is -0.303 e. The van der Waals surface area contributed by atoms with Gasteiger partial charge >= 0.3 is 0 Å². The second kappa shape index (κ2) is 2.19. The molecule has 1 fully saturated rings. The molecule has 0 aromatic heterocycles. The summed E-state index contributed by atoms with van der Waals surface area (Å²) in [5.74, 6) is 3.38. The van der Waals surface area contributed by atoms with Crippen LogP contribution in [-0.2, 0) is 0 Å². The molecule has 1 N–H and O–H groups in total. The fraction of sp³-hybridized carbons (Fsp3) is 0.714. The van der Waals surface area contributed by atoms with E-state index in [4.69, 9.17) is 6.42 Å². The molecule has 0 aromatic rings. The van der Waals surface area contributed by atoms with Crippen molar-refractivity contribution in [2.45, 2.75) is 19.4 Å². The van der Waals surface area contributed by atoms with Gasteiger partial charge in [0, 0.05) is 0 Å². The zero-order valence-corrected chi connectivity index (χ0v) is 5.15. The number of hydrogen-bond acceptors (Lipinski definition) is 1. The van der Waals surface area contributed by atoms with Gasteiger partial charge in [-0.1, -0.05) is 12.8 Å². The summed E-state index contributed by atoms with van der Waals surface area (Å²) in [7, 11) is 0. The average Bonchev–Trinajstić information content (AvgIpc) is 2.14. The van der Waals surface area contributed by atoms with E-state index in [1.807, 2.05) is 0 Å². The first-order chi connectivity index (χ1) is 3.84. The largest absolute Gasteiger partial charge is 0.303 e. The molecule has 0 amide bonds. The first-order valence-corrected chi connectivity index (χ1v) is 3.04. The quantitative estimate of drug-likeness (QED) is 0.450. The van der Waals surface area contributed by atoms with E-state index in [2.05, 4.69) is 18.2 Å². The topological polar surface area (TPSA) is 12.0 Å². The van der Waals surface area contributed by atoms with E-state index in [0.29, 0.717) is 12.0 Å². The highest BCUT2D eigenvalue weighted by Crippen LogP contribution is 2.12. The molecule has 8 heavy (non-hydrogen) atoms. The standard InChI is InChI=1S/C7H11N/c1-3-7-6(2)4-5-8-7/h1,6-8H,4-5H2,2H3. The Morgan fingerprint density at radius 3 is 2.75 bits per heavy atom. The molecule has 1 rings (SSSR count). The first-order valence-electron chi connectivity index (χ1n) is 3.04. The summed E-state index contributed by atoms with van der Waals surface area (Å²) in [6.07, 6.45) is 6.44. The zero-order chi connectivity index (χ0) is 5.98. The van der Waals surface area contributed by atoms with Crippen LogP contribution in [0.15, 0.2) is 0 Å². The maximum absolute atomic E-state index is 5.21. The van der Waals surface area contributed by atoms with Crippen molar-refractivity contribution in [3.8, 4) is 12.3 Å². The van der Waals surface area contributed by atoms with Crippen molar-refractivity contribution in [2.75, 3.05) is 6.54 Å². The minimum absolute atomic E-state index is 0.343. The molecular formula is C7H11N. The third-order valence-corrected chi connectivity index (χ3v) is 1.71. The van der Waals surface area contributed by atoms with Gasteiger partial charge in [0.05, 0.1) is 6.04 Å². The molecule has 0 bridgehead atoms. The summed E-state index contributed by atoms with van der Waals surface area (Å²) in [6, 6.07) is 0.343. The maximum Gasteiger partial charge on any atom is 0.0713 e. The highest BCUT2D eigenvalue weighted by atomic mass is 14.9. The average molecular weight is 109 g/mol. The Kier molecular flexibility index (Phi) is 1.55. The van der Waals surface area contributed by atoms with E-state index < -0.39 is 0 Å². The predicted molar refractivity (Wildman–Crippen MR) is 34.4 cm³/mol. The Morgan fingerprint density at radius 1 is 1.75 bits per heavy atom. The van der Waals surface area contributed by atoms with Crippen LogP contribution in [0, 0.1) is 18.3 Å². The lowest BCUT2D eigenvalue weighted by Crippen LogP contribution is -2.22. The molecule has 0 aromatic carbocycles. The third-order valence-electron chi connectivity index (χ3n) is 1.71. The maximum atomic E-state index is 5.21. The minimum atomic E-state index is 0.343. The van der Waals surface area contributed by atoms with Crippen molar-refractivity contribution in [1.29, 1.82) is 0 Å². The van der Waals surface area contributed by atoms with Gasteiger partial charge in [-0.15, -0.1) is 6.42 Å². The molecule has 0 spiro atoms. The van der Waals surface area contributed by atoms with Crippen molar-refractivity contribution in [3.63, 3.8) is 0 Å². The molecule has 1 heterocycles. The third kappa shape index (κ3) is 0.850. The van der Waals surface area contributed by atoms with Gasteiger partial charge in [0.1, 0.15) is 0 Å². The molecule has 2 unspecified atom stereocenters. The van der Waals surface area contributed by atoms with E-state index in [9.17, 15) is 0 Å². The Balaban J connectivity index is 2.45. The normalized spacial score (nSPS) is 37.0. The van der Waals surface area contributed by atoms with Gasteiger partial charge in [0.15, 0.2) is 0 Å². The second-order valence-corrected chi connectivity index (χ2v) is 2.36. The molecule has 1 aliphatic heterocycles. The van der Waals surface area contributed by atoms with Crippen molar-refractivity contribution in [3.05, 3.63) is 0 Å². The van der Waals surface area contributed by atoms with Gasteiger partial charge in [-0.25, -0.2) is 0 Å². The first kappa shape index (κ1) is 5.65. The molecule has 0 aliphatic carbocycles. The monoisotopic (exact) mass is 109 g/mol. The predicted octanol–water partition coefficient (Wildman–Crippen LogP) is 0.618. The van der Waals surface area contributed by atoms with Crippen LogP contribution in [0.4, 0.5) is 0 Å². The lowest BCUT2D eigenvalue weighted by atomic mass is 10.1. The Hall–Kier alpha value is -0.480. The van der Waals surface area contributed by atoms with Crippen molar-refractivity contribution in [1.82, 2.24) is 5.32 Å². The van der Waals surface area contributed by atoms with Gasteiger partial charge in [-0.05, 0) is 18.9 Å². The van der Waals surface area contributed by atoms with E-state index in [1.54, 1.807) is 0 Å². The SMILES string of the molecule is C#CC1NCCC1C. The van der Waals surface area contributed by atoms with Crippen LogP contribution in [-0.4, -0.2) is 12.6 Å². The van der Waals surface area contributed by atoms with Gasteiger partial charge in [0.25, 0.3) is 0 Å². The number of terminal acetylenes is 1. The summed E-state index contributed by atoms with van der Waals surface area (Å²) in [5, 5.41) is 3.22. The molecule has 2 atom stereocenters. The lowest BCUT2D eigenvalue weighted by Gasteiger charge is -2.04. The Bertz CT molecular complexity index is 112. The smallest absolute Gasteiger partial charge is 0.0713 e. The van der Waals surface area contributed by atoms with E-state index in [1.165, 1.54) is 6.42 Å². The summed E-state index contributed by atoms with van der Waals surface area (Å²) in [4.78, 5) is 0. The molecule has 0 radical (unpaired) electrons. The zero-order valence-electron chi connectivity index (χ0n) is 5.15. The number of nitrogens with one attached hydrogen (secondary N) is 1. The molecule has 0 saturated carbocycles. The summed E-state index contributed by atoms with van der Waals surface area (Å²) >= 11 is 0. The van der Waals surface area contributed by atoms with E-state index in [-0.39, 0.29) is 0 Å². The van der Waals surface area contributed by atoms with Gasteiger partial charge in [-0.3, -0.25) is 0 Å². The van der Waals surface area contributed by atoms with Crippen molar-refractivity contribution in [2.24, 2.45) is 5.92 Å². The number of hydrogen-bond donors (Lipinski definition) is 1. The van der Waals surface area contributed by atoms with Crippen LogP contribution in [0.2, 0.25) is 0 Å². The van der Waals surface area contributed by atoms with Crippen LogP contribution in [0.25, 0.3) is 0 Å². The van der Waals surface area contributed by atoms with Crippen LogP contribution in [0.1, 0.15) is 13.3 Å². The Morgan fingerprint density at radius 2 is 2.50 bits per heavy atom. The summed E-state index contributed by atoms with van der Waals surface area (Å²) < 4.78 is 0. The number of rotatable bonds is 0. The molecule has 44 valence electrons. The summed E-state index contributed by atoms with van der Waals surface area (Å²) in [6.45, 7) is 3.28. The Labute approximate surface area is 50.5 Å². The molecule has 1 saturated heterocycles. The van der Waals surface area contributed by atoms with Crippen LogP contribution >= 0.6 is 0 Å². The lowest BCUT2D eigenvalue weighted by molar-refractivity contribution is 0.576. The van der Waals surface area contributed by atoms with Crippen molar-refractivity contribution < 1.29 is 0 Å². The summed E-state index contributed by atoms with van der Waals surface area (Å²) in [5.41, 5.74) is 0. The molecule has 1 nitrogen and oxygen atoms in total. The second-order valence-electron chi connectivity index (χ2n) is 2.36. The molecule has 1 aliphatic rings. The van der Waals surface area contributed by atoms with Crippen molar-refractivity contribution >= 4 is 0 Å². The van der Waals surface area contributed by atoms with Crippen LogP contribution in [0.5, 0.6) is 0 Å². The molecule has 1 heteroatoms. The van der Waals surface area contributed by atoms with E-state index in [0.717, 1.165) is 6.54 Å². The highest BCUT2D eigenvalue weighted by molar-refractivity contribution is 5.03. The van der Waals surface area contributed by atoms with Gasteiger partial charge in [-0.2, -0.15) is 0 Å². The highest BCUT2D eigenvalue weighted by Gasteiger charge is 2.19. The fourth-order valence-electron chi connectivity index (χ4n) is 1.06.